The SMILES string of the molecule is CCC(N)c1noc(-c2cccnc2C)n1. The summed E-state index contributed by atoms with van der Waals surface area (Å²) in [4.78, 5) is 8.44. The quantitative estimate of drug-likeness (QED) is 0.850. The third kappa shape index (κ3) is 1.94. The lowest BCUT2D eigenvalue weighted by molar-refractivity contribution is 0.414. The molecule has 2 N–H and O–H groups in total. The highest BCUT2D eigenvalue weighted by molar-refractivity contribution is 5.55. The van der Waals surface area contributed by atoms with Gasteiger partial charge in [-0.15, -0.1) is 0 Å². The van der Waals surface area contributed by atoms with Gasteiger partial charge in [0.1, 0.15) is 0 Å². The second kappa shape index (κ2) is 4.40. The second-order valence-electron chi connectivity index (χ2n) is 3.61. The first-order valence-corrected chi connectivity index (χ1v) is 5.23. The first kappa shape index (κ1) is 10.8. The number of hydrogen-bond acceptors (Lipinski definition) is 5. The summed E-state index contributed by atoms with van der Waals surface area (Å²) in [5.74, 6) is 1.02. The summed E-state index contributed by atoms with van der Waals surface area (Å²) in [6.07, 6.45) is 2.51. The van der Waals surface area contributed by atoms with E-state index in [4.69, 9.17) is 10.3 Å². The molecule has 0 saturated carbocycles. The largest absolute Gasteiger partial charge is 0.334 e. The van der Waals surface area contributed by atoms with Gasteiger partial charge in [-0.3, -0.25) is 4.98 Å². The molecule has 5 heteroatoms. The predicted molar refractivity (Wildman–Crippen MR) is 59.5 cm³/mol. The molecule has 5 nitrogen and oxygen atoms in total. The van der Waals surface area contributed by atoms with Crippen LogP contribution in [0.4, 0.5) is 0 Å². The molecule has 84 valence electrons. The zero-order valence-corrected chi connectivity index (χ0v) is 9.34. The van der Waals surface area contributed by atoms with Gasteiger partial charge in [-0.25, -0.2) is 0 Å². The Morgan fingerprint density at radius 1 is 1.50 bits per heavy atom. The van der Waals surface area contributed by atoms with Crippen molar-refractivity contribution in [2.75, 3.05) is 0 Å². The summed E-state index contributed by atoms with van der Waals surface area (Å²) < 4.78 is 5.17. The molecule has 16 heavy (non-hydrogen) atoms. The van der Waals surface area contributed by atoms with Crippen molar-refractivity contribution in [1.82, 2.24) is 15.1 Å². The molecule has 0 radical (unpaired) electrons. The fraction of sp³-hybridized carbons (Fsp3) is 0.364. The van der Waals surface area contributed by atoms with Crippen LogP contribution in [0.2, 0.25) is 0 Å². The Hall–Kier alpha value is -1.75. The molecule has 0 fully saturated rings. The van der Waals surface area contributed by atoms with Crippen molar-refractivity contribution in [3.05, 3.63) is 29.8 Å². The number of aromatic nitrogens is 3. The number of nitrogens with two attached hydrogens (primary N) is 1. The molecule has 0 aliphatic rings. The Bertz CT molecular complexity index is 480. The Morgan fingerprint density at radius 2 is 2.31 bits per heavy atom. The lowest BCUT2D eigenvalue weighted by Crippen LogP contribution is -2.10. The van der Waals surface area contributed by atoms with Crippen molar-refractivity contribution in [1.29, 1.82) is 0 Å². The van der Waals surface area contributed by atoms with Crippen LogP contribution in [0.3, 0.4) is 0 Å². The van der Waals surface area contributed by atoms with Gasteiger partial charge in [-0.1, -0.05) is 12.1 Å². The zero-order chi connectivity index (χ0) is 11.5. The summed E-state index contributed by atoms with van der Waals surface area (Å²) in [5.41, 5.74) is 7.54. The number of aryl methyl sites for hydroxylation is 1. The van der Waals surface area contributed by atoms with E-state index in [-0.39, 0.29) is 6.04 Å². The van der Waals surface area contributed by atoms with Crippen LogP contribution in [0.25, 0.3) is 11.5 Å². The lowest BCUT2D eigenvalue weighted by Gasteiger charge is -2.00. The highest BCUT2D eigenvalue weighted by Crippen LogP contribution is 2.21. The van der Waals surface area contributed by atoms with Gasteiger partial charge in [-0.05, 0) is 25.5 Å². The van der Waals surface area contributed by atoms with Gasteiger partial charge < -0.3 is 10.3 Å². The Labute approximate surface area is 93.7 Å². The normalized spacial score (nSPS) is 12.7. The van der Waals surface area contributed by atoms with Gasteiger partial charge in [0.05, 0.1) is 11.6 Å². The number of rotatable bonds is 3. The van der Waals surface area contributed by atoms with Gasteiger partial charge in [0, 0.05) is 11.9 Å². The minimum atomic E-state index is -0.172. The zero-order valence-electron chi connectivity index (χ0n) is 9.34. The third-order valence-electron chi connectivity index (χ3n) is 2.45. The van der Waals surface area contributed by atoms with Crippen LogP contribution in [0.15, 0.2) is 22.9 Å². The molecule has 0 spiro atoms. The van der Waals surface area contributed by atoms with Crippen LogP contribution < -0.4 is 5.73 Å². The molecular weight excluding hydrogens is 204 g/mol. The van der Waals surface area contributed by atoms with Gasteiger partial charge in [-0.2, -0.15) is 4.98 Å². The van der Waals surface area contributed by atoms with Gasteiger partial charge >= 0.3 is 0 Å². The van der Waals surface area contributed by atoms with E-state index in [0.717, 1.165) is 17.7 Å². The first-order valence-electron chi connectivity index (χ1n) is 5.23. The first-order chi connectivity index (χ1) is 7.72. The molecular formula is C11H14N4O. The molecule has 2 heterocycles. The molecule has 0 saturated heterocycles. The van der Waals surface area contributed by atoms with Crippen molar-refractivity contribution >= 4 is 0 Å². The molecule has 2 aromatic rings. The fourth-order valence-corrected chi connectivity index (χ4v) is 1.39. The maximum absolute atomic E-state index is 5.82. The highest BCUT2D eigenvalue weighted by Gasteiger charge is 2.14. The van der Waals surface area contributed by atoms with E-state index in [0.29, 0.717) is 11.7 Å². The van der Waals surface area contributed by atoms with Crippen LogP contribution in [-0.4, -0.2) is 15.1 Å². The molecule has 2 aromatic heterocycles. The maximum Gasteiger partial charge on any atom is 0.259 e. The van der Waals surface area contributed by atoms with Crippen molar-refractivity contribution < 1.29 is 4.52 Å². The van der Waals surface area contributed by atoms with Crippen LogP contribution in [0.1, 0.15) is 30.9 Å². The maximum atomic E-state index is 5.82. The molecule has 0 bridgehead atoms. The number of pyridine rings is 1. The fourth-order valence-electron chi connectivity index (χ4n) is 1.39. The second-order valence-corrected chi connectivity index (χ2v) is 3.61. The third-order valence-corrected chi connectivity index (χ3v) is 2.45. The summed E-state index contributed by atoms with van der Waals surface area (Å²) >= 11 is 0. The Morgan fingerprint density at radius 3 is 3.00 bits per heavy atom. The smallest absolute Gasteiger partial charge is 0.259 e. The van der Waals surface area contributed by atoms with Gasteiger partial charge in [0.15, 0.2) is 5.82 Å². The van der Waals surface area contributed by atoms with Crippen molar-refractivity contribution in [2.45, 2.75) is 26.3 Å². The van der Waals surface area contributed by atoms with E-state index >= 15 is 0 Å². The lowest BCUT2D eigenvalue weighted by atomic mass is 10.2. The van der Waals surface area contributed by atoms with E-state index < -0.39 is 0 Å². The van der Waals surface area contributed by atoms with E-state index in [1.807, 2.05) is 26.0 Å². The number of nitrogens with zero attached hydrogens (tertiary/aromatic N) is 3. The molecule has 1 unspecified atom stereocenters. The van der Waals surface area contributed by atoms with E-state index in [9.17, 15) is 0 Å². The van der Waals surface area contributed by atoms with Gasteiger partial charge in [0.2, 0.25) is 0 Å². The number of hydrogen-bond donors (Lipinski definition) is 1. The average Bonchev–Trinajstić information content (AvgIpc) is 2.78. The molecule has 0 amide bonds. The Kier molecular flexibility index (Phi) is 2.96. The standard InChI is InChI=1S/C11H14N4O/c1-3-9(12)10-14-11(16-15-10)8-5-4-6-13-7(8)2/h4-6,9H,3,12H2,1-2H3. The van der Waals surface area contributed by atoms with Crippen molar-refractivity contribution in [3.8, 4) is 11.5 Å². The topological polar surface area (TPSA) is 77.8 Å². The average molecular weight is 218 g/mol. The summed E-state index contributed by atoms with van der Waals surface area (Å²) in [7, 11) is 0. The minimum absolute atomic E-state index is 0.172. The molecule has 0 aliphatic carbocycles. The molecule has 2 rings (SSSR count). The van der Waals surface area contributed by atoms with E-state index in [1.165, 1.54) is 0 Å². The van der Waals surface area contributed by atoms with Gasteiger partial charge in [0.25, 0.3) is 5.89 Å². The van der Waals surface area contributed by atoms with Crippen LogP contribution in [0.5, 0.6) is 0 Å². The highest BCUT2D eigenvalue weighted by atomic mass is 16.5. The molecule has 0 aliphatic heterocycles. The van der Waals surface area contributed by atoms with E-state index in [1.54, 1.807) is 6.20 Å². The van der Waals surface area contributed by atoms with Crippen molar-refractivity contribution in [2.24, 2.45) is 5.73 Å². The summed E-state index contributed by atoms with van der Waals surface area (Å²) in [5, 5.41) is 3.87. The van der Waals surface area contributed by atoms with E-state index in [2.05, 4.69) is 15.1 Å². The minimum Gasteiger partial charge on any atom is -0.334 e. The summed E-state index contributed by atoms with van der Waals surface area (Å²) in [6, 6.07) is 3.57. The van der Waals surface area contributed by atoms with Crippen molar-refractivity contribution in [3.63, 3.8) is 0 Å². The van der Waals surface area contributed by atoms with Crippen LogP contribution >= 0.6 is 0 Å². The molecule has 0 aromatic carbocycles. The van der Waals surface area contributed by atoms with Crippen LogP contribution in [-0.2, 0) is 0 Å². The summed E-state index contributed by atoms with van der Waals surface area (Å²) in [6.45, 7) is 3.88. The van der Waals surface area contributed by atoms with Crippen LogP contribution in [0, 0.1) is 6.92 Å². The monoisotopic (exact) mass is 218 g/mol. The Balaban J connectivity index is 2.35. The molecule has 1 atom stereocenters. The predicted octanol–water partition coefficient (Wildman–Crippen LogP) is 1.85.